The summed E-state index contributed by atoms with van der Waals surface area (Å²) in [5, 5.41) is 17.2. The van der Waals surface area contributed by atoms with E-state index in [0.717, 1.165) is 5.69 Å². The van der Waals surface area contributed by atoms with Crippen molar-refractivity contribution >= 4 is 5.91 Å². The number of nitrogens with zero attached hydrogens (tertiary/aromatic N) is 4. The molecule has 2 rings (SSSR count). The summed E-state index contributed by atoms with van der Waals surface area (Å²) in [5.41, 5.74) is 2.04. The number of aromatic amines is 1. The molecule has 0 saturated carbocycles. The second kappa shape index (κ2) is 4.36. The number of hydrogen-bond donors (Lipinski definition) is 2. The Morgan fingerprint density at radius 1 is 1.53 bits per heavy atom. The van der Waals surface area contributed by atoms with Crippen LogP contribution in [0.2, 0.25) is 0 Å². The van der Waals surface area contributed by atoms with E-state index in [0.29, 0.717) is 23.6 Å². The first-order valence-corrected chi connectivity index (χ1v) is 5.22. The lowest BCUT2D eigenvalue weighted by atomic mass is 10.2. The van der Waals surface area contributed by atoms with Gasteiger partial charge in [-0.25, -0.2) is 0 Å². The number of carbonyl (C=O) groups is 1. The second-order valence-corrected chi connectivity index (χ2v) is 3.85. The topological polar surface area (TPSA) is 88.5 Å². The molecule has 0 aliphatic rings. The molecule has 90 valence electrons. The first-order chi connectivity index (χ1) is 8.09. The summed E-state index contributed by atoms with van der Waals surface area (Å²) in [6, 6.07) is 0. The molecule has 0 aliphatic heterocycles. The van der Waals surface area contributed by atoms with E-state index in [2.05, 4.69) is 25.7 Å². The van der Waals surface area contributed by atoms with Gasteiger partial charge in [0.25, 0.3) is 5.91 Å². The summed E-state index contributed by atoms with van der Waals surface area (Å²) in [6.45, 7) is 3.96. The number of nitrogens with one attached hydrogen (secondary N) is 2. The SMILES string of the molecule is Cc1n[nH]c(C)c1C(=O)NCc1nncn1C. The van der Waals surface area contributed by atoms with E-state index in [-0.39, 0.29) is 5.91 Å². The third-order valence-corrected chi connectivity index (χ3v) is 2.57. The molecule has 0 bridgehead atoms. The molecule has 0 aromatic carbocycles. The van der Waals surface area contributed by atoms with E-state index < -0.39 is 0 Å². The molecule has 2 N–H and O–H groups in total. The van der Waals surface area contributed by atoms with Gasteiger partial charge in [-0.3, -0.25) is 9.89 Å². The van der Waals surface area contributed by atoms with Crippen LogP contribution >= 0.6 is 0 Å². The van der Waals surface area contributed by atoms with E-state index in [1.807, 2.05) is 14.0 Å². The van der Waals surface area contributed by atoms with Gasteiger partial charge in [-0.05, 0) is 13.8 Å². The van der Waals surface area contributed by atoms with Gasteiger partial charge in [0, 0.05) is 12.7 Å². The van der Waals surface area contributed by atoms with Crippen molar-refractivity contribution in [1.82, 2.24) is 30.3 Å². The molecule has 0 spiro atoms. The van der Waals surface area contributed by atoms with Gasteiger partial charge in [-0.2, -0.15) is 5.10 Å². The molecule has 7 heteroatoms. The number of rotatable bonds is 3. The van der Waals surface area contributed by atoms with Gasteiger partial charge in [0.05, 0.1) is 17.8 Å². The van der Waals surface area contributed by atoms with Gasteiger partial charge >= 0.3 is 0 Å². The van der Waals surface area contributed by atoms with Crippen molar-refractivity contribution in [3.05, 3.63) is 29.1 Å². The van der Waals surface area contributed by atoms with Crippen LogP contribution in [0.5, 0.6) is 0 Å². The van der Waals surface area contributed by atoms with E-state index >= 15 is 0 Å². The van der Waals surface area contributed by atoms with Crippen molar-refractivity contribution in [1.29, 1.82) is 0 Å². The van der Waals surface area contributed by atoms with Crippen molar-refractivity contribution in [3.63, 3.8) is 0 Å². The Balaban J connectivity index is 2.06. The fraction of sp³-hybridized carbons (Fsp3) is 0.400. The molecule has 7 nitrogen and oxygen atoms in total. The van der Waals surface area contributed by atoms with Crippen molar-refractivity contribution < 1.29 is 4.79 Å². The molecule has 0 saturated heterocycles. The first kappa shape index (κ1) is 11.3. The highest BCUT2D eigenvalue weighted by molar-refractivity contribution is 5.96. The summed E-state index contributed by atoms with van der Waals surface area (Å²) in [6.07, 6.45) is 1.59. The zero-order valence-electron chi connectivity index (χ0n) is 9.98. The molecule has 2 aromatic rings. The summed E-state index contributed by atoms with van der Waals surface area (Å²) >= 11 is 0. The molecule has 2 heterocycles. The predicted octanol–water partition coefficient (Wildman–Crippen LogP) is 0.0850. The van der Waals surface area contributed by atoms with E-state index in [4.69, 9.17) is 0 Å². The van der Waals surface area contributed by atoms with Crippen LogP contribution in [0, 0.1) is 13.8 Å². The minimum atomic E-state index is -0.156. The molecule has 0 radical (unpaired) electrons. The molecular weight excluding hydrogens is 220 g/mol. The minimum Gasteiger partial charge on any atom is -0.345 e. The summed E-state index contributed by atoms with van der Waals surface area (Å²) in [7, 11) is 1.83. The Morgan fingerprint density at radius 2 is 2.29 bits per heavy atom. The lowest BCUT2D eigenvalue weighted by Crippen LogP contribution is -2.25. The van der Waals surface area contributed by atoms with Crippen LogP contribution in [0.25, 0.3) is 0 Å². The molecule has 0 atom stereocenters. The summed E-state index contributed by atoms with van der Waals surface area (Å²) in [4.78, 5) is 11.9. The molecule has 0 unspecified atom stereocenters. The molecule has 2 aromatic heterocycles. The number of hydrogen-bond acceptors (Lipinski definition) is 4. The molecule has 17 heavy (non-hydrogen) atoms. The summed E-state index contributed by atoms with van der Waals surface area (Å²) in [5.74, 6) is 0.550. The number of amides is 1. The molecule has 0 aliphatic carbocycles. The van der Waals surface area contributed by atoms with Gasteiger partial charge in [-0.1, -0.05) is 0 Å². The number of carbonyl (C=O) groups excluding carboxylic acids is 1. The van der Waals surface area contributed by atoms with E-state index in [9.17, 15) is 4.79 Å². The highest BCUT2D eigenvalue weighted by Crippen LogP contribution is 2.08. The van der Waals surface area contributed by atoms with Crippen molar-refractivity contribution in [2.45, 2.75) is 20.4 Å². The van der Waals surface area contributed by atoms with Gasteiger partial charge in [0.15, 0.2) is 5.82 Å². The van der Waals surface area contributed by atoms with Gasteiger partial charge < -0.3 is 9.88 Å². The van der Waals surface area contributed by atoms with E-state index in [1.54, 1.807) is 17.8 Å². The van der Waals surface area contributed by atoms with Crippen LogP contribution in [0.15, 0.2) is 6.33 Å². The fourth-order valence-corrected chi connectivity index (χ4v) is 1.60. The minimum absolute atomic E-state index is 0.156. The normalized spacial score (nSPS) is 10.5. The van der Waals surface area contributed by atoms with Crippen LogP contribution in [-0.4, -0.2) is 30.9 Å². The highest BCUT2D eigenvalue weighted by Gasteiger charge is 2.15. The van der Waals surface area contributed by atoms with Crippen LogP contribution in [0.4, 0.5) is 0 Å². The van der Waals surface area contributed by atoms with Gasteiger partial charge in [-0.15, -0.1) is 10.2 Å². The standard InChI is InChI=1S/C10H14N6O/c1-6-9(7(2)14-13-6)10(17)11-4-8-15-12-5-16(8)3/h5H,4H2,1-3H3,(H,11,17)(H,13,14). The summed E-state index contributed by atoms with van der Waals surface area (Å²) < 4.78 is 1.76. The Kier molecular flexibility index (Phi) is 2.90. The maximum absolute atomic E-state index is 11.9. The average Bonchev–Trinajstić information content (AvgIpc) is 2.83. The number of aromatic nitrogens is 5. The van der Waals surface area contributed by atoms with Crippen LogP contribution in [-0.2, 0) is 13.6 Å². The zero-order valence-corrected chi connectivity index (χ0v) is 9.98. The molecule has 1 amide bonds. The van der Waals surface area contributed by atoms with Crippen molar-refractivity contribution in [3.8, 4) is 0 Å². The largest absolute Gasteiger partial charge is 0.345 e. The zero-order chi connectivity index (χ0) is 12.4. The smallest absolute Gasteiger partial charge is 0.255 e. The maximum Gasteiger partial charge on any atom is 0.255 e. The van der Waals surface area contributed by atoms with Crippen LogP contribution in [0.1, 0.15) is 27.6 Å². The lowest BCUT2D eigenvalue weighted by Gasteiger charge is -2.04. The molecular formula is C10H14N6O. The Bertz CT molecular complexity index is 521. The van der Waals surface area contributed by atoms with Gasteiger partial charge in [0.2, 0.25) is 0 Å². The third-order valence-electron chi connectivity index (χ3n) is 2.57. The fourth-order valence-electron chi connectivity index (χ4n) is 1.60. The Hall–Kier alpha value is -2.18. The van der Waals surface area contributed by atoms with Gasteiger partial charge in [0.1, 0.15) is 6.33 Å². The average molecular weight is 234 g/mol. The predicted molar refractivity (Wildman–Crippen MR) is 60.2 cm³/mol. The Morgan fingerprint density at radius 3 is 2.82 bits per heavy atom. The van der Waals surface area contributed by atoms with Crippen LogP contribution in [0.3, 0.4) is 0 Å². The second-order valence-electron chi connectivity index (χ2n) is 3.85. The van der Waals surface area contributed by atoms with E-state index in [1.165, 1.54) is 0 Å². The molecule has 0 fully saturated rings. The highest BCUT2D eigenvalue weighted by atomic mass is 16.1. The van der Waals surface area contributed by atoms with Crippen LogP contribution < -0.4 is 5.32 Å². The quantitative estimate of drug-likeness (QED) is 0.787. The van der Waals surface area contributed by atoms with Crippen molar-refractivity contribution in [2.24, 2.45) is 7.05 Å². The van der Waals surface area contributed by atoms with Crippen molar-refractivity contribution in [2.75, 3.05) is 0 Å². The Labute approximate surface area is 98.2 Å². The third kappa shape index (κ3) is 2.17. The number of aryl methyl sites for hydroxylation is 3. The first-order valence-electron chi connectivity index (χ1n) is 5.22. The maximum atomic E-state index is 11.9. The lowest BCUT2D eigenvalue weighted by molar-refractivity contribution is 0.0948. The number of H-pyrrole nitrogens is 1. The monoisotopic (exact) mass is 234 g/mol.